The van der Waals surface area contributed by atoms with Gasteiger partial charge in [-0.1, -0.05) is 31.9 Å². The summed E-state index contributed by atoms with van der Waals surface area (Å²) in [4.78, 5) is 8.27. The highest BCUT2D eigenvalue weighted by Gasteiger charge is 2.86. The van der Waals surface area contributed by atoms with Gasteiger partial charge in [0, 0.05) is 46.4 Å². The molecule has 5 spiro atoms. The third kappa shape index (κ3) is 2.28. The lowest BCUT2D eigenvalue weighted by molar-refractivity contribution is -0.283. The van der Waals surface area contributed by atoms with Crippen LogP contribution in [0.5, 0.6) is 0 Å². The smallest absolute Gasteiger partial charge is 0.0744 e. The molecule has 2 saturated heterocycles. The van der Waals surface area contributed by atoms with Gasteiger partial charge in [-0.05, 0) is 155 Å². The second kappa shape index (κ2) is 6.95. The zero-order valence-electron chi connectivity index (χ0n) is 27.7. The molecule has 0 amide bonds. The number of likely N-dealkylation sites (tertiary alicyclic amines) is 1. The zero-order valence-corrected chi connectivity index (χ0v) is 27.7. The number of rotatable bonds is 0. The molecule has 0 aromatic heterocycles. The van der Waals surface area contributed by atoms with Crippen molar-refractivity contribution in [1.82, 2.24) is 4.90 Å². The standard InChI is InChI=1S/C41H54N2O/c1-35-7-4-8-41-31(35)6-10-38-20-39(24(15-32(38)41)14-29(38)33(41)42-21-35)11-12-40-28-16-27-25-13-23-17-36(2,22-43(3)19-23)26(25)5-9-37(27,18-30(28)40)34(40)44-39/h16,21,23-24,28-34H,4-15,17-20,22H2,1-3H3. The lowest BCUT2D eigenvalue weighted by atomic mass is 9.38. The summed E-state index contributed by atoms with van der Waals surface area (Å²) >= 11 is 0. The first-order valence-electron chi connectivity index (χ1n) is 19.6. The van der Waals surface area contributed by atoms with Crippen molar-refractivity contribution in [2.45, 2.75) is 128 Å². The van der Waals surface area contributed by atoms with E-state index in [1.54, 1.807) is 0 Å². The first kappa shape index (κ1) is 25.1. The number of nitrogens with zero attached hydrogens (tertiary/aromatic N) is 2. The van der Waals surface area contributed by atoms with Gasteiger partial charge in [0.15, 0.2) is 0 Å². The normalized spacial score (nSPS) is 67.4. The zero-order chi connectivity index (χ0) is 28.9. The number of hydrogen-bond acceptors (Lipinski definition) is 3. The van der Waals surface area contributed by atoms with E-state index in [1.807, 2.05) is 16.7 Å². The molecule has 3 aliphatic heterocycles. The summed E-state index contributed by atoms with van der Waals surface area (Å²) in [5, 5.41) is 0. The van der Waals surface area contributed by atoms with E-state index in [9.17, 15) is 0 Å². The van der Waals surface area contributed by atoms with Crippen LogP contribution in [0.25, 0.3) is 0 Å². The van der Waals surface area contributed by atoms with Gasteiger partial charge in [-0.15, -0.1) is 0 Å². The van der Waals surface area contributed by atoms with Crippen LogP contribution in [0.2, 0.25) is 0 Å². The van der Waals surface area contributed by atoms with Crippen molar-refractivity contribution >= 4 is 6.21 Å². The third-order valence-corrected chi connectivity index (χ3v) is 19.7. The quantitative estimate of drug-likeness (QED) is 0.286. The predicted octanol–water partition coefficient (Wildman–Crippen LogP) is 8.00. The van der Waals surface area contributed by atoms with Crippen LogP contribution in [-0.4, -0.2) is 49.0 Å². The highest BCUT2D eigenvalue weighted by atomic mass is 16.5. The lowest BCUT2D eigenvalue weighted by Crippen LogP contribution is -2.66. The highest BCUT2D eigenvalue weighted by molar-refractivity contribution is 5.69. The van der Waals surface area contributed by atoms with Gasteiger partial charge in [-0.2, -0.15) is 0 Å². The van der Waals surface area contributed by atoms with Crippen LogP contribution in [0.3, 0.4) is 0 Å². The van der Waals surface area contributed by atoms with Gasteiger partial charge in [0.05, 0.1) is 17.7 Å². The molecule has 12 aliphatic carbocycles. The van der Waals surface area contributed by atoms with Crippen LogP contribution in [0.1, 0.15) is 110 Å². The van der Waals surface area contributed by atoms with Gasteiger partial charge in [-0.3, -0.25) is 4.99 Å². The fourth-order valence-electron chi connectivity index (χ4n) is 19.0. The minimum Gasteiger partial charge on any atom is -0.370 e. The van der Waals surface area contributed by atoms with E-state index in [-0.39, 0.29) is 5.60 Å². The van der Waals surface area contributed by atoms with Gasteiger partial charge in [0.2, 0.25) is 0 Å². The molecule has 0 aromatic carbocycles. The maximum absolute atomic E-state index is 8.16. The predicted molar refractivity (Wildman–Crippen MR) is 172 cm³/mol. The minimum atomic E-state index is 0.186. The van der Waals surface area contributed by atoms with Crippen molar-refractivity contribution in [1.29, 1.82) is 0 Å². The number of ether oxygens (including phenoxy) is 1. The molecule has 0 N–H and O–H groups in total. The first-order chi connectivity index (χ1) is 21.2. The Morgan fingerprint density at radius 1 is 0.955 bits per heavy atom. The van der Waals surface area contributed by atoms with Crippen molar-refractivity contribution < 1.29 is 4.74 Å². The fraction of sp³-hybridized carbons (Fsp3) is 0.878. The monoisotopic (exact) mass is 590 g/mol. The summed E-state index contributed by atoms with van der Waals surface area (Å²) in [5.41, 5.74) is 8.61. The van der Waals surface area contributed by atoms with Crippen LogP contribution in [0, 0.1) is 73.9 Å². The van der Waals surface area contributed by atoms with Gasteiger partial charge in [0.1, 0.15) is 0 Å². The average Bonchev–Trinajstić information content (AvgIpc) is 3.52. The Kier molecular flexibility index (Phi) is 3.97. The summed E-state index contributed by atoms with van der Waals surface area (Å²) in [6, 6.07) is 0.656. The molecule has 0 radical (unpaired) electrons. The number of fused-ring (bicyclic) bond motifs is 3. The van der Waals surface area contributed by atoms with Crippen LogP contribution < -0.4 is 0 Å². The highest BCUT2D eigenvalue weighted by Crippen LogP contribution is 2.88. The molecule has 3 nitrogen and oxygen atoms in total. The molecule has 3 heteroatoms. The molecular weight excluding hydrogens is 536 g/mol. The molecule has 8 saturated carbocycles. The number of hydrogen-bond donors (Lipinski definition) is 0. The van der Waals surface area contributed by atoms with Crippen molar-refractivity contribution in [3.63, 3.8) is 0 Å². The molecule has 15 rings (SSSR count). The SMILES string of the molecule is CN1CC2CC3=C(CCC45CC6C(C=C34)C63CCC4(CC67CCC8C9(C)C=NC%10C6CC4CC7C%108CCC9)OC53)C(C)(C2)C1. The van der Waals surface area contributed by atoms with Crippen LogP contribution >= 0.6 is 0 Å². The molecule has 44 heavy (non-hydrogen) atoms. The Hall–Kier alpha value is -0.930. The Morgan fingerprint density at radius 2 is 1.89 bits per heavy atom. The Labute approximate surface area is 265 Å². The molecule has 15 aliphatic rings. The minimum absolute atomic E-state index is 0.186. The molecule has 16 atom stereocenters. The number of piperidine rings is 1. The van der Waals surface area contributed by atoms with Crippen LogP contribution in [0.4, 0.5) is 0 Å². The summed E-state index contributed by atoms with van der Waals surface area (Å²) in [7, 11) is 2.38. The van der Waals surface area contributed by atoms with Crippen molar-refractivity contribution in [2.24, 2.45) is 78.9 Å². The molecule has 16 unspecified atom stereocenters. The van der Waals surface area contributed by atoms with Gasteiger partial charge >= 0.3 is 0 Å². The van der Waals surface area contributed by atoms with Crippen molar-refractivity contribution in [2.75, 3.05) is 20.1 Å². The summed E-state index contributed by atoms with van der Waals surface area (Å²) < 4.78 is 8.16. The van der Waals surface area contributed by atoms with Gasteiger partial charge < -0.3 is 9.64 Å². The second-order valence-electron chi connectivity index (χ2n) is 20.8. The van der Waals surface area contributed by atoms with Crippen LogP contribution in [0.15, 0.2) is 27.8 Å². The molecule has 3 heterocycles. The summed E-state index contributed by atoms with van der Waals surface area (Å²) in [6.45, 7) is 7.83. The maximum atomic E-state index is 8.16. The van der Waals surface area contributed by atoms with E-state index in [4.69, 9.17) is 9.73 Å². The Balaban J connectivity index is 0.896. The maximum Gasteiger partial charge on any atom is 0.0744 e. The van der Waals surface area contributed by atoms with E-state index >= 15 is 0 Å². The topological polar surface area (TPSA) is 24.8 Å². The second-order valence-corrected chi connectivity index (χ2v) is 20.8. The number of aliphatic imine (C=N–C) groups is 1. The lowest BCUT2D eigenvalue weighted by Gasteiger charge is -2.69. The van der Waals surface area contributed by atoms with Gasteiger partial charge in [0.25, 0.3) is 0 Å². The first-order valence-corrected chi connectivity index (χ1v) is 19.6. The molecule has 10 fully saturated rings. The molecular formula is C41H54N2O. The average molecular weight is 591 g/mol. The fourth-order valence-corrected chi connectivity index (χ4v) is 19.0. The molecule has 0 aromatic rings. The van der Waals surface area contributed by atoms with Crippen LogP contribution in [-0.2, 0) is 4.74 Å². The molecule has 234 valence electrons. The summed E-state index contributed by atoms with van der Waals surface area (Å²) in [5.74, 6) is 6.19. The van der Waals surface area contributed by atoms with Gasteiger partial charge in [-0.25, -0.2) is 0 Å². The van der Waals surface area contributed by atoms with E-state index in [2.05, 4.69) is 38.1 Å². The summed E-state index contributed by atoms with van der Waals surface area (Å²) in [6.07, 6.45) is 27.6. The van der Waals surface area contributed by atoms with E-state index < -0.39 is 0 Å². The van der Waals surface area contributed by atoms with Crippen molar-refractivity contribution in [3.8, 4) is 0 Å². The molecule has 12 bridgehead atoms. The Bertz CT molecular complexity index is 1560. The van der Waals surface area contributed by atoms with E-state index in [0.717, 1.165) is 41.4 Å². The number of allylic oxidation sites excluding steroid dienone is 2. The van der Waals surface area contributed by atoms with E-state index in [0.29, 0.717) is 44.6 Å². The Morgan fingerprint density at radius 3 is 2.82 bits per heavy atom. The third-order valence-electron chi connectivity index (χ3n) is 19.7. The van der Waals surface area contributed by atoms with Crippen molar-refractivity contribution in [3.05, 3.63) is 22.8 Å². The largest absolute Gasteiger partial charge is 0.370 e. The van der Waals surface area contributed by atoms with E-state index in [1.165, 1.54) is 109 Å².